The van der Waals surface area contributed by atoms with Crippen molar-refractivity contribution in [2.75, 3.05) is 19.6 Å². The third-order valence-electron chi connectivity index (χ3n) is 2.22. The van der Waals surface area contributed by atoms with E-state index in [2.05, 4.69) is 0 Å². The first kappa shape index (κ1) is 10.8. The quantitative estimate of drug-likeness (QED) is 0.664. The largest absolute Gasteiger partial charge is 0.674 e. The second-order valence-corrected chi connectivity index (χ2v) is 3.50. The lowest BCUT2D eigenvalue weighted by molar-refractivity contribution is -0.138. The molecule has 2 nitrogen and oxygen atoms in total. The predicted octanol–water partition coefficient (Wildman–Crippen LogP) is 2.46. The Labute approximate surface area is 75.9 Å². The zero-order valence-corrected chi connectivity index (χ0v) is 7.40. The number of nitrogens with zero attached hydrogens (tertiary/aromatic N) is 1. The Morgan fingerprint density at radius 2 is 2.08 bits per heavy atom. The van der Waals surface area contributed by atoms with E-state index in [9.17, 15) is 13.2 Å². The molecule has 0 aliphatic carbocycles. The Morgan fingerprint density at radius 3 is 2.62 bits per heavy atom. The van der Waals surface area contributed by atoms with Crippen molar-refractivity contribution in [3.63, 3.8) is 0 Å². The molecule has 1 fully saturated rings. The van der Waals surface area contributed by atoms with Crippen LogP contribution < -0.4 is 0 Å². The summed E-state index contributed by atoms with van der Waals surface area (Å²) in [4.78, 5) is 1.73. The van der Waals surface area contributed by atoms with E-state index < -0.39 is 12.6 Å². The van der Waals surface area contributed by atoms with E-state index in [-0.39, 0.29) is 12.6 Å². The zero-order valence-electron chi connectivity index (χ0n) is 7.40. The summed E-state index contributed by atoms with van der Waals surface area (Å²) in [7, 11) is 0. The summed E-state index contributed by atoms with van der Waals surface area (Å²) in [6.07, 6.45) is -3.14. The number of rotatable bonds is 2. The molecule has 0 aromatic rings. The van der Waals surface area contributed by atoms with Gasteiger partial charge in [0.25, 0.3) is 0 Å². The van der Waals surface area contributed by atoms with Crippen LogP contribution in [0.15, 0.2) is 0 Å². The van der Waals surface area contributed by atoms with Crippen LogP contribution in [-0.2, 0) is 0 Å². The first-order valence-corrected chi connectivity index (χ1v) is 4.47. The summed E-state index contributed by atoms with van der Waals surface area (Å²) < 4.78 is 35.5. The van der Waals surface area contributed by atoms with Crippen molar-refractivity contribution < 1.29 is 13.2 Å². The first-order valence-electron chi connectivity index (χ1n) is 4.47. The van der Waals surface area contributed by atoms with Gasteiger partial charge in [-0.2, -0.15) is 13.2 Å². The smallest absolute Gasteiger partial charge is 0.390 e. The molecule has 0 spiro atoms. The normalized spacial score (nSPS) is 26.3. The molecule has 0 amide bonds. The molecule has 1 N–H and O–H groups in total. The van der Waals surface area contributed by atoms with E-state index in [1.165, 1.54) is 0 Å². The highest BCUT2D eigenvalue weighted by Gasteiger charge is 2.28. The van der Waals surface area contributed by atoms with Crippen molar-refractivity contribution in [3.05, 3.63) is 5.73 Å². The van der Waals surface area contributed by atoms with Crippen molar-refractivity contribution in [2.24, 2.45) is 0 Å². The highest BCUT2D eigenvalue weighted by Crippen LogP contribution is 2.21. The van der Waals surface area contributed by atoms with Crippen molar-refractivity contribution in [1.82, 2.24) is 4.90 Å². The second-order valence-electron chi connectivity index (χ2n) is 3.50. The Bertz CT molecular complexity index is 158. The molecule has 1 aliphatic rings. The SMILES string of the molecule is [NH-][C@H]1CCCN(CCC(F)(F)F)C1. The lowest BCUT2D eigenvalue weighted by Gasteiger charge is -2.35. The summed E-state index contributed by atoms with van der Waals surface area (Å²) >= 11 is 0. The van der Waals surface area contributed by atoms with Gasteiger partial charge in [-0.25, -0.2) is 0 Å². The highest BCUT2D eigenvalue weighted by atomic mass is 19.4. The maximum Gasteiger partial charge on any atom is 0.390 e. The summed E-state index contributed by atoms with van der Waals surface area (Å²) in [5.41, 5.74) is 7.41. The van der Waals surface area contributed by atoms with Crippen LogP contribution in [0.2, 0.25) is 0 Å². The van der Waals surface area contributed by atoms with E-state index in [1.54, 1.807) is 4.90 Å². The average molecular weight is 195 g/mol. The minimum atomic E-state index is -4.06. The van der Waals surface area contributed by atoms with Crippen LogP contribution in [0.4, 0.5) is 13.2 Å². The minimum absolute atomic E-state index is 0.0544. The maximum atomic E-state index is 11.8. The van der Waals surface area contributed by atoms with Crippen LogP contribution in [-0.4, -0.2) is 36.8 Å². The Morgan fingerprint density at radius 1 is 1.38 bits per heavy atom. The van der Waals surface area contributed by atoms with E-state index in [0.29, 0.717) is 13.1 Å². The number of piperidine rings is 1. The highest BCUT2D eigenvalue weighted by molar-refractivity contribution is 4.82. The van der Waals surface area contributed by atoms with Gasteiger partial charge in [0.05, 0.1) is 6.42 Å². The van der Waals surface area contributed by atoms with E-state index in [4.69, 9.17) is 5.73 Å². The fraction of sp³-hybridized carbons (Fsp3) is 1.00. The molecule has 1 saturated heterocycles. The number of nitrogens with one attached hydrogen (secondary N) is 1. The van der Waals surface area contributed by atoms with Crippen LogP contribution >= 0.6 is 0 Å². The lowest BCUT2D eigenvalue weighted by atomic mass is 10.1. The number of hydrogen-bond donors (Lipinski definition) is 0. The van der Waals surface area contributed by atoms with Crippen LogP contribution in [0.25, 0.3) is 5.73 Å². The summed E-state index contributed by atoms with van der Waals surface area (Å²) in [6, 6.07) is -0.193. The number of hydrogen-bond acceptors (Lipinski definition) is 1. The molecular weight excluding hydrogens is 181 g/mol. The number of halogens is 3. The topological polar surface area (TPSA) is 27.0 Å². The van der Waals surface area contributed by atoms with Gasteiger partial charge in [-0.3, -0.25) is 0 Å². The molecule has 13 heavy (non-hydrogen) atoms. The lowest BCUT2D eigenvalue weighted by Crippen LogP contribution is -2.38. The van der Waals surface area contributed by atoms with Gasteiger partial charge in [-0.05, 0) is 19.5 Å². The maximum absolute atomic E-state index is 11.8. The van der Waals surface area contributed by atoms with Crippen LogP contribution in [0.5, 0.6) is 0 Å². The van der Waals surface area contributed by atoms with Gasteiger partial charge >= 0.3 is 6.18 Å². The second kappa shape index (κ2) is 4.28. The molecule has 1 heterocycles. The molecule has 0 unspecified atom stereocenters. The van der Waals surface area contributed by atoms with Crippen LogP contribution in [0, 0.1) is 0 Å². The van der Waals surface area contributed by atoms with Gasteiger partial charge < -0.3 is 10.6 Å². The fourth-order valence-electron chi connectivity index (χ4n) is 1.54. The van der Waals surface area contributed by atoms with Crippen molar-refractivity contribution in [1.29, 1.82) is 0 Å². The van der Waals surface area contributed by atoms with Crippen molar-refractivity contribution in [2.45, 2.75) is 31.5 Å². The Kier molecular flexibility index (Phi) is 3.55. The zero-order chi connectivity index (χ0) is 9.90. The number of likely N-dealkylation sites (tertiary alicyclic amines) is 1. The first-order chi connectivity index (χ1) is 5.97. The van der Waals surface area contributed by atoms with Gasteiger partial charge in [0.15, 0.2) is 0 Å². The predicted molar refractivity (Wildman–Crippen MR) is 44.5 cm³/mol. The molecule has 1 atom stereocenters. The standard InChI is InChI=1S/C8H14F3N2/c9-8(10,11)3-5-13-4-1-2-7(12)6-13/h7,12H,1-6H2/q-1/t7-/m0/s1. The molecule has 78 valence electrons. The molecule has 0 bridgehead atoms. The molecule has 1 aliphatic heterocycles. The molecule has 5 heteroatoms. The molecule has 1 rings (SSSR count). The van der Waals surface area contributed by atoms with E-state index in [0.717, 1.165) is 12.8 Å². The monoisotopic (exact) mass is 195 g/mol. The molecular formula is C8H14F3N2-. The van der Waals surface area contributed by atoms with Gasteiger partial charge in [0.1, 0.15) is 0 Å². The van der Waals surface area contributed by atoms with Crippen LogP contribution in [0.1, 0.15) is 19.3 Å². The fourth-order valence-corrected chi connectivity index (χ4v) is 1.54. The Balaban J connectivity index is 2.21. The summed E-state index contributed by atoms with van der Waals surface area (Å²) in [5.74, 6) is 0. The van der Waals surface area contributed by atoms with Gasteiger partial charge in [0, 0.05) is 6.54 Å². The Hall–Kier alpha value is -0.290. The van der Waals surface area contributed by atoms with E-state index in [1.807, 2.05) is 0 Å². The van der Waals surface area contributed by atoms with Crippen molar-refractivity contribution >= 4 is 0 Å². The molecule has 0 saturated carbocycles. The van der Waals surface area contributed by atoms with Gasteiger partial charge in [-0.1, -0.05) is 6.42 Å². The third kappa shape index (κ3) is 4.47. The van der Waals surface area contributed by atoms with Gasteiger partial charge in [0.2, 0.25) is 0 Å². The van der Waals surface area contributed by atoms with Crippen LogP contribution in [0.3, 0.4) is 0 Å². The molecule has 0 aromatic carbocycles. The number of alkyl halides is 3. The van der Waals surface area contributed by atoms with Gasteiger partial charge in [-0.15, -0.1) is 6.04 Å². The molecule has 0 aromatic heterocycles. The molecule has 0 radical (unpaired) electrons. The van der Waals surface area contributed by atoms with E-state index >= 15 is 0 Å². The summed E-state index contributed by atoms with van der Waals surface area (Å²) in [5, 5.41) is 0. The van der Waals surface area contributed by atoms with Crippen molar-refractivity contribution in [3.8, 4) is 0 Å². The third-order valence-corrected chi connectivity index (χ3v) is 2.22. The summed E-state index contributed by atoms with van der Waals surface area (Å²) in [6.45, 7) is 1.26. The minimum Gasteiger partial charge on any atom is -0.674 e. The average Bonchev–Trinajstić information content (AvgIpc) is 2.00.